The van der Waals surface area contributed by atoms with Gasteiger partial charge >= 0.3 is 0 Å². The average molecular weight is 217 g/mol. The average Bonchev–Trinajstić information content (AvgIpc) is 2.63. The molecule has 0 bridgehead atoms. The van der Waals surface area contributed by atoms with Crippen molar-refractivity contribution in [1.29, 1.82) is 0 Å². The predicted molar refractivity (Wildman–Crippen MR) is 69.6 cm³/mol. The van der Waals surface area contributed by atoms with Crippen molar-refractivity contribution in [3.05, 3.63) is 34.9 Å². The maximum atomic E-state index is 3.71. The molecular weight excluding hydrogens is 194 g/mol. The third kappa shape index (κ3) is 2.65. The van der Waals surface area contributed by atoms with Crippen molar-refractivity contribution in [3.8, 4) is 0 Å². The fraction of sp³-hybridized carbons (Fsp3) is 0.600. The molecule has 1 saturated carbocycles. The first-order valence-electron chi connectivity index (χ1n) is 6.45. The zero-order valence-electron chi connectivity index (χ0n) is 10.7. The van der Waals surface area contributed by atoms with Crippen molar-refractivity contribution in [2.45, 2.75) is 52.6 Å². The molecule has 1 nitrogen and oxygen atoms in total. The van der Waals surface area contributed by atoms with E-state index in [9.17, 15) is 0 Å². The molecule has 1 heteroatoms. The Hall–Kier alpha value is -0.820. The molecule has 2 rings (SSSR count). The van der Waals surface area contributed by atoms with Gasteiger partial charge in [-0.25, -0.2) is 0 Å². The second kappa shape index (κ2) is 5.01. The van der Waals surface area contributed by atoms with Crippen LogP contribution in [0.15, 0.2) is 18.2 Å². The van der Waals surface area contributed by atoms with Gasteiger partial charge < -0.3 is 5.32 Å². The second-order valence-electron chi connectivity index (χ2n) is 5.37. The highest BCUT2D eigenvalue weighted by atomic mass is 14.9. The maximum absolute atomic E-state index is 3.71. The number of benzene rings is 1. The number of hydrogen-bond donors (Lipinski definition) is 1. The molecule has 0 saturated heterocycles. The van der Waals surface area contributed by atoms with Crippen LogP contribution in [-0.2, 0) is 6.54 Å². The van der Waals surface area contributed by atoms with Crippen molar-refractivity contribution in [3.63, 3.8) is 0 Å². The van der Waals surface area contributed by atoms with Gasteiger partial charge in [0.05, 0.1) is 0 Å². The molecule has 0 amide bonds. The molecule has 88 valence electrons. The van der Waals surface area contributed by atoms with E-state index in [0.717, 1.165) is 18.5 Å². The molecule has 2 unspecified atom stereocenters. The summed E-state index contributed by atoms with van der Waals surface area (Å²) < 4.78 is 0. The molecule has 0 heterocycles. The van der Waals surface area contributed by atoms with Crippen LogP contribution in [0.5, 0.6) is 0 Å². The quantitative estimate of drug-likeness (QED) is 0.816. The van der Waals surface area contributed by atoms with Crippen molar-refractivity contribution >= 4 is 0 Å². The van der Waals surface area contributed by atoms with Gasteiger partial charge in [0, 0.05) is 12.6 Å². The Balaban J connectivity index is 1.94. The molecule has 16 heavy (non-hydrogen) atoms. The third-order valence-electron chi connectivity index (χ3n) is 3.91. The van der Waals surface area contributed by atoms with Crippen LogP contribution in [0.3, 0.4) is 0 Å². The first-order valence-corrected chi connectivity index (χ1v) is 6.45. The molecule has 1 aliphatic carbocycles. The predicted octanol–water partition coefficient (Wildman–Crippen LogP) is 3.58. The van der Waals surface area contributed by atoms with Gasteiger partial charge in [-0.3, -0.25) is 0 Å². The second-order valence-corrected chi connectivity index (χ2v) is 5.37. The van der Waals surface area contributed by atoms with Crippen LogP contribution in [-0.4, -0.2) is 6.04 Å². The van der Waals surface area contributed by atoms with E-state index in [1.165, 1.54) is 36.0 Å². The molecule has 1 fully saturated rings. The van der Waals surface area contributed by atoms with Crippen molar-refractivity contribution < 1.29 is 0 Å². The highest BCUT2D eigenvalue weighted by molar-refractivity contribution is 5.33. The monoisotopic (exact) mass is 217 g/mol. The Labute approximate surface area is 99.3 Å². The fourth-order valence-corrected chi connectivity index (χ4v) is 2.77. The highest BCUT2D eigenvalue weighted by Crippen LogP contribution is 2.25. The Morgan fingerprint density at radius 1 is 1.19 bits per heavy atom. The van der Waals surface area contributed by atoms with Crippen molar-refractivity contribution in [1.82, 2.24) is 5.32 Å². The molecule has 0 spiro atoms. The van der Waals surface area contributed by atoms with Gasteiger partial charge in [-0.2, -0.15) is 0 Å². The molecule has 1 aliphatic rings. The summed E-state index contributed by atoms with van der Waals surface area (Å²) in [6.07, 6.45) is 4.10. The largest absolute Gasteiger partial charge is 0.310 e. The topological polar surface area (TPSA) is 12.0 Å². The third-order valence-corrected chi connectivity index (χ3v) is 3.91. The van der Waals surface area contributed by atoms with Gasteiger partial charge in [0.1, 0.15) is 0 Å². The van der Waals surface area contributed by atoms with E-state index in [2.05, 4.69) is 44.3 Å². The Morgan fingerprint density at radius 3 is 2.44 bits per heavy atom. The zero-order chi connectivity index (χ0) is 11.5. The number of hydrogen-bond acceptors (Lipinski definition) is 1. The Kier molecular flexibility index (Phi) is 3.65. The van der Waals surface area contributed by atoms with Gasteiger partial charge in [0.15, 0.2) is 0 Å². The zero-order valence-corrected chi connectivity index (χ0v) is 10.7. The molecule has 1 aromatic carbocycles. The molecule has 1 N–H and O–H groups in total. The van der Waals surface area contributed by atoms with Crippen LogP contribution in [0.25, 0.3) is 0 Å². The number of aryl methyl sites for hydroxylation is 2. The van der Waals surface area contributed by atoms with Gasteiger partial charge in [0.25, 0.3) is 0 Å². The lowest BCUT2D eigenvalue weighted by Gasteiger charge is -2.15. The van der Waals surface area contributed by atoms with Crippen LogP contribution < -0.4 is 5.32 Å². The van der Waals surface area contributed by atoms with Gasteiger partial charge in [-0.15, -0.1) is 0 Å². The summed E-state index contributed by atoms with van der Waals surface area (Å²) in [7, 11) is 0. The maximum Gasteiger partial charge on any atom is 0.0213 e. The van der Waals surface area contributed by atoms with Crippen LogP contribution in [0.1, 0.15) is 42.9 Å². The molecule has 2 atom stereocenters. The molecule has 0 radical (unpaired) electrons. The first-order chi connectivity index (χ1) is 7.66. The van der Waals surface area contributed by atoms with Crippen LogP contribution >= 0.6 is 0 Å². The van der Waals surface area contributed by atoms with E-state index >= 15 is 0 Å². The summed E-state index contributed by atoms with van der Waals surface area (Å²) in [5.41, 5.74) is 4.32. The number of nitrogens with one attached hydrogen (secondary N) is 1. The Bertz CT molecular complexity index is 336. The minimum atomic E-state index is 0.744. The normalized spacial score (nSPS) is 24.9. The lowest BCUT2D eigenvalue weighted by atomic mass is 10.0. The van der Waals surface area contributed by atoms with Crippen molar-refractivity contribution in [2.75, 3.05) is 0 Å². The smallest absolute Gasteiger partial charge is 0.0213 e. The van der Waals surface area contributed by atoms with Crippen LogP contribution in [0.2, 0.25) is 0 Å². The van der Waals surface area contributed by atoms with E-state index in [1.807, 2.05) is 0 Å². The van der Waals surface area contributed by atoms with Crippen LogP contribution in [0, 0.1) is 19.8 Å². The van der Waals surface area contributed by atoms with Gasteiger partial charge in [-0.05, 0) is 55.7 Å². The minimum Gasteiger partial charge on any atom is -0.310 e. The lowest BCUT2D eigenvalue weighted by Crippen LogP contribution is -2.26. The van der Waals surface area contributed by atoms with E-state index in [0.29, 0.717) is 0 Å². The Morgan fingerprint density at radius 2 is 1.88 bits per heavy atom. The molecule has 0 aromatic heterocycles. The molecule has 1 aromatic rings. The summed E-state index contributed by atoms with van der Waals surface area (Å²) in [4.78, 5) is 0. The standard InChI is InChI=1S/C15H23N/c1-11-7-8-14(9-11)16-10-15-12(2)5-4-6-13(15)3/h4-6,11,14,16H,7-10H2,1-3H3. The van der Waals surface area contributed by atoms with Gasteiger partial charge in [-0.1, -0.05) is 25.1 Å². The van der Waals surface area contributed by atoms with E-state index in [-0.39, 0.29) is 0 Å². The van der Waals surface area contributed by atoms with Gasteiger partial charge in [0.2, 0.25) is 0 Å². The molecular formula is C15H23N. The summed E-state index contributed by atoms with van der Waals surface area (Å²) in [6, 6.07) is 7.31. The lowest BCUT2D eigenvalue weighted by molar-refractivity contribution is 0.501. The first kappa shape index (κ1) is 11.7. The van der Waals surface area contributed by atoms with E-state index in [1.54, 1.807) is 0 Å². The fourth-order valence-electron chi connectivity index (χ4n) is 2.77. The highest BCUT2D eigenvalue weighted by Gasteiger charge is 2.20. The summed E-state index contributed by atoms with van der Waals surface area (Å²) in [5, 5.41) is 3.71. The summed E-state index contributed by atoms with van der Waals surface area (Å²) in [6.45, 7) is 7.82. The van der Waals surface area contributed by atoms with E-state index in [4.69, 9.17) is 0 Å². The minimum absolute atomic E-state index is 0.744. The van der Waals surface area contributed by atoms with Crippen LogP contribution in [0.4, 0.5) is 0 Å². The number of rotatable bonds is 3. The van der Waals surface area contributed by atoms with Crippen molar-refractivity contribution in [2.24, 2.45) is 5.92 Å². The summed E-state index contributed by atoms with van der Waals surface area (Å²) >= 11 is 0. The SMILES string of the molecule is Cc1cccc(C)c1CNC1CCC(C)C1. The molecule has 0 aliphatic heterocycles. The van der Waals surface area contributed by atoms with E-state index < -0.39 is 0 Å². The summed E-state index contributed by atoms with van der Waals surface area (Å²) in [5.74, 6) is 0.912.